The number of hydrogen-bond donors (Lipinski definition) is 1. The Labute approximate surface area is 134 Å². The van der Waals surface area contributed by atoms with E-state index in [2.05, 4.69) is 53.1 Å². The Hall–Kier alpha value is -0.720. The first-order chi connectivity index (χ1) is 8.97. The van der Waals surface area contributed by atoms with Gasteiger partial charge in [0.25, 0.3) is 5.91 Å². The van der Waals surface area contributed by atoms with Gasteiger partial charge in [0.2, 0.25) is 0 Å². The molecule has 2 nitrogen and oxygen atoms in total. The van der Waals surface area contributed by atoms with Crippen LogP contribution in [0.2, 0.25) is 0 Å². The SMILES string of the molecule is O=C(Nc1cc(Br)ccc1Br)c1ccc(F)cc1Br. The number of rotatable bonds is 2. The molecule has 0 spiro atoms. The molecule has 0 unspecified atom stereocenters. The lowest BCUT2D eigenvalue weighted by Crippen LogP contribution is -2.13. The van der Waals surface area contributed by atoms with Crippen LogP contribution in [0.25, 0.3) is 0 Å². The van der Waals surface area contributed by atoms with E-state index in [-0.39, 0.29) is 5.91 Å². The Kier molecular flexibility index (Phi) is 4.76. The first-order valence-electron chi connectivity index (χ1n) is 5.19. The molecule has 0 aliphatic carbocycles. The van der Waals surface area contributed by atoms with Gasteiger partial charge in [-0.15, -0.1) is 0 Å². The van der Waals surface area contributed by atoms with Crippen LogP contribution in [0.3, 0.4) is 0 Å². The van der Waals surface area contributed by atoms with Crippen molar-refractivity contribution in [1.82, 2.24) is 0 Å². The maximum atomic E-state index is 13.0. The number of carbonyl (C=O) groups is 1. The summed E-state index contributed by atoms with van der Waals surface area (Å²) in [5.41, 5.74) is 1.00. The minimum absolute atomic E-state index is 0.314. The normalized spacial score (nSPS) is 10.3. The standard InChI is InChI=1S/C13H7Br3FNO/c14-7-1-4-10(15)12(5-7)18-13(19)9-3-2-8(17)6-11(9)16/h1-6H,(H,18,19). The third kappa shape index (κ3) is 3.64. The number of carbonyl (C=O) groups excluding carboxylic acids is 1. The molecule has 0 aromatic heterocycles. The summed E-state index contributed by atoms with van der Waals surface area (Å²) in [5.74, 6) is -0.710. The van der Waals surface area contributed by atoms with E-state index in [1.165, 1.54) is 18.2 Å². The summed E-state index contributed by atoms with van der Waals surface area (Å²) in [6.07, 6.45) is 0. The fourth-order valence-electron chi connectivity index (χ4n) is 1.46. The molecule has 1 N–H and O–H groups in total. The van der Waals surface area contributed by atoms with E-state index >= 15 is 0 Å². The van der Waals surface area contributed by atoms with Crippen LogP contribution >= 0.6 is 47.8 Å². The number of amides is 1. The summed E-state index contributed by atoms with van der Waals surface area (Å²) in [4.78, 5) is 12.1. The van der Waals surface area contributed by atoms with Crippen molar-refractivity contribution in [1.29, 1.82) is 0 Å². The van der Waals surface area contributed by atoms with Crippen molar-refractivity contribution in [2.45, 2.75) is 0 Å². The van der Waals surface area contributed by atoms with Crippen LogP contribution in [-0.4, -0.2) is 5.91 Å². The van der Waals surface area contributed by atoms with E-state index in [0.717, 1.165) is 8.95 Å². The summed E-state index contributed by atoms with van der Waals surface area (Å²) >= 11 is 9.86. The van der Waals surface area contributed by atoms with E-state index in [0.29, 0.717) is 15.7 Å². The van der Waals surface area contributed by atoms with E-state index in [1.54, 1.807) is 6.07 Å². The fourth-order valence-corrected chi connectivity index (χ4v) is 2.69. The van der Waals surface area contributed by atoms with E-state index < -0.39 is 5.82 Å². The Morgan fingerprint density at radius 3 is 2.42 bits per heavy atom. The van der Waals surface area contributed by atoms with Crippen molar-refractivity contribution < 1.29 is 9.18 Å². The molecule has 0 radical (unpaired) electrons. The number of anilines is 1. The summed E-state index contributed by atoms with van der Waals surface area (Å²) in [5, 5.41) is 2.76. The van der Waals surface area contributed by atoms with Gasteiger partial charge in [-0.3, -0.25) is 4.79 Å². The molecule has 0 aliphatic heterocycles. The number of benzene rings is 2. The molecule has 0 saturated heterocycles. The van der Waals surface area contributed by atoms with Crippen LogP contribution in [0.4, 0.5) is 10.1 Å². The summed E-state index contributed by atoms with van der Waals surface area (Å²) < 4.78 is 15.0. The Morgan fingerprint density at radius 1 is 1.00 bits per heavy atom. The highest BCUT2D eigenvalue weighted by Crippen LogP contribution is 2.27. The van der Waals surface area contributed by atoms with Gasteiger partial charge in [0.1, 0.15) is 5.82 Å². The molecule has 98 valence electrons. The largest absolute Gasteiger partial charge is 0.321 e. The van der Waals surface area contributed by atoms with Gasteiger partial charge in [-0.1, -0.05) is 15.9 Å². The molecular weight excluding hydrogens is 445 g/mol. The Bertz CT molecular complexity index is 646. The molecule has 0 heterocycles. The van der Waals surface area contributed by atoms with Crippen LogP contribution in [0.1, 0.15) is 10.4 Å². The van der Waals surface area contributed by atoms with Gasteiger partial charge in [0.15, 0.2) is 0 Å². The van der Waals surface area contributed by atoms with Gasteiger partial charge in [-0.2, -0.15) is 0 Å². The second-order valence-corrected chi connectivity index (χ2v) is 6.33. The summed E-state index contributed by atoms with van der Waals surface area (Å²) in [6, 6.07) is 9.38. The zero-order valence-corrected chi connectivity index (χ0v) is 14.1. The highest BCUT2D eigenvalue weighted by molar-refractivity contribution is 9.11. The van der Waals surface area contributed by atoms with Crippen LogP contribution in [0.15, 0.2) is 49.8 Å². The van der Waals surface area contributed by atoms with Gasteiger partial charge in [-0.25, -0.2) is 4.39 Å². The third-order valence-corrected chi connectivity index (χ3v) is 4.19. The molecule has 0 bridgehead atoms. The van der Waals surface area contributed by atoms with Crippen molar-refractivity contribution in [3.8, 4) is 0 Å². The quantitative estimate of drug-likeness (QED) is 0.653. The first kappa shape index (κ1) is 14.7. The first-order valence-corrected chi connectivity index (χ1v) is 7.57. The van der Waals surface area contributed by atoms with Crippen molar-refractivity contribution in [2.24, 2.45) is 0 Å². The van der Waals surface area contributed by atoms with Crippen molar-refractivity contribution in [2.75, 3.05) is 5.32 Å². The zero-order chi connectivity index (χ0) is 14.0. The molecule has 1 amide bonds. The highest BCUT2D eigenvalue weighted by atomic mass is 79.9. The average Bonchev–Trinajstić information content (AvgIpc) is 2.33. The maximum absolute atomic E-state index is 13.0. The molecule has 0 aliphatic rings. The zero-order valence-electron chi connectivity index (χ0n) is 9.38. The van der Waals surface area contributed by atoms with E-state index in [4.69, 9.17) is 0 Å². The van der Waals surface area contributed by atoms with Gasteiger partial charge in [0, 0.05) is 13.4 Å². The lowest BCUT2D eigenvalue weighted by Gasteiger charge is -2.09. The molecule has 2 rings (SSSR count). The fraction of sp³-hybridized carbons (Fsp3) is 0. The van der Waals surface area contributed by atoms with Gasteiger partial charge < -0.3 is 5.32 Å². The monoisotopic (exact) mass is 449 g/mol. The second kappa shape index (κ2) is 6.15. The molecular formula is C13H7Br3FNO. The number of nitrogens with one attached hydrogen (secondary N) is 1. The molecule has 6 heteroatoms. The van der Waals surface area contributed by atoms with Gasteiger partial charge in [0.05, 0.1) is 11.3 Å². The number of halogens is 4. The van der Waals surface area contributed by atoms with Crippen molar-refractivity contribution in [3.63, 3.8) is 0 Å². The number of hydrogen-bond acceptors (Lipinski definition) is 1. The highest BCUT2D eigenvalue weighted by Gasteiger charge is 2.12. The minimum atomic E-state index is -0.396. The molecule has 2 aromatic carbocycles. The van der Waals surface area contributed by atoms with Crippen LogP contribution in [0.5, 0.6) is 0 Å². The topological polar surface area (TPSA) is 29.1 Å². The molecule has 0 saturated carbocycles. The molecule has 2 aromatic rings. The summed E-state index contributed by atoms with van der Waals surface area (Å²) in [7, 11) is 0. The lowest BCUT2D eigenvalue weighted by molar-refractivity contribution is 0.102. The molecule has 0 atom stereocenters. The second-order valence-electron chi connectivity index (χ2n) is 3.70. The Morgan fingerprint density at radius 2 is 1.74 bits per heavy atom. The van der Waals surface area contributed by atoms with E-state index in [9.17, 15) is 9.18 Å². The Balaban J connectivity index is 2.28. The predicted molar refractivity (Wildman–Crippen MR) is 83.9 cm³/mol. The molecule has 0 fully saturated rings. The van der Waals surface area contributed by atoms with Gasteiger partial charge >= 0.3 is 0 Å². The van der Waals surface area contributed by atoms with Crippen molar-refractivity contribution >= 4 is 59.4 Å². The lowest BCUT2D eigenvalue weighted by atomic mass is 10.2. The van der Waals surface area contributed by atoms with Crippen molar-refractivity contribution in [3.05, 3.63) is 61.2 Å². The minimum Gasteiger partial charge on any atom is -0.321 e. The molecule has 19 heavy (non-hydrogen) atoms. The summed E-state index contributed by atoms with van der Waals surface area (Å²) in [6.45, 7) is 0. The predicted octanol–water partition coefficient (Wildman–Crippen LogP) is 5.37. The van der Waals surface area contributed by atoms with E-state index in [1.807, 2.05) is 12.1 Å². The van der Waals surface area contributed by atoms with Gasteiger partial charge in [-0.05, 0) is 68.3 Å². The smallest absolute Gasteiger partial charge is 0.256 e. The van der Waals surface area contributed by atoms with Crippen LogP contribution in [-0.2, 0) is 0 Å². The average molecular weight is 452 g/mol. The third-order valence-electron chi connectivity index (χ3n) is 2.35. The van der Waals surface area contributed by atoms with Crippen LogP contribution in [0, 0.1) is 5.82 Å². The van der Waals surface area contributed by atoms with Crippen LogP contribution < -0.4 is 5.32 Å². The maximum Gasteiger partial charge on any atom is 0.256 e.